The van der Waals surface area contributed by atoms with Gasteiger partial charge in [0.25, 0.3) is 5.69 Å². The Hall–Kier alpha value is -2.49. The van der Waals surface area contributed by atoms with Crippen molar-refractivity contribution in [2.24, 2.45) is 0 Å². The molecule has 0 radical (unpaired) electrons. The molecule has 0 unspecified atom stereocenters. The first-order valence-corrected chi connectivity index (χ1v) is 6.01. The van der Waals surface area contributed by atoms with Crippen molar-refractivity contribution in [2.75, 3.05) is 0 Å². The van der Waals surface area contributed by atoms with E-state index in [4.69, 9.17) is 0 Å². The fourth-order valence-electron chi connectivity index (χ4n) is 1.28. The third kappa shape index (κ3) is 5.91. The van der Waals surface area contributed by atoms with Crippen LogP contribution in [0, 0.1) is 17.0 Å². The molecule has 0 saturated carbocycles. The van der Waals surface area contributed by atoms with Gasteiger partial charge in [0.2, 0.25) is 0 Å². The molecule has 4 nitrogen and oxygen atoms in total. The van der Waals surface area contributed by atoms with E-state index < -0.39 is 4.92 Å². The van der Waals surface area contributed by atoms with Crippen LogP contribution in [0.2, 0.25) is 0 Å². The van der Waals surface area contributed by atoms with Crippen molar-refractivity contribution in [2.45, 2.75) is 20.8 Å². The summed E-state index contributed by atoms with van der Waals surface area (Å²) in [6, 6.07) is 4.47. The first-order chi connectivity index (χ1) is 9.33. The first-order valence-electron chi connectivity index (χ1n) is 6.01. The topological polar surface area (TPSA) is 60.2 Å². The van der Waals surface area contributed by atoms with E-state index in [9.17, 15) is 14.9 Å². The van der Waals surface area contributed by atoms with Crippen molar-refractivity contribution < 1.29 is 9.72 Å². The lowest BCUT2D eigenvalue weighted by molar-refractivity contribution is -0.385. The normalized spacial score (nSPS) is 10.1. The molecule has 1 aromatic carbocycles. The lowest BCUT2D eigenvalue weighted by atomic mass is 10.1. The van der Waals surface area contributed by atoms with Crippen LogP contribution >= 0.6 is 0 Å². The highest BCUT2D eigenvalue weighted by Gasteiger charge is 2.12. The summed E-state index contributed by atoms with van der Waals surface area (Å²) in [4.78, 5) is 20.9. The Balaban J connectivity index is 0.000000441. The van der Waals surface area contributed by atoms with E-state index in [0.29, 0.717) is 11.1 Å². The predicted octanol–water partition coefficient (Wildman–Crippen LogP) is 4.41. The van der Waals surface area contributed by atoms with Gasteiger partial charge in [0.1, 0.15) is 0 Å². The molecule has 106 valence electrons. The Morgan fingerprint density at radius 3 is 2.25 bits per heavy atom. The van der Waals surface area contributed by atoms with E-state index in [-0.39, 0.29) is 11.5 Å². The van der Waals surface area contributed by atoms with Crippen molar-refractivity contribution >= 4 is 11.5 Å². The summed E-state index contributed by atoms with van der Waals surface area (Å²) in [6.45, 7) is 12.1. The minimum atomic E-state index is -0.484. The number of allylic oxidation sites excluding steroid dienone is 4. The second-order valence-electron chi connectivity index (χ2n) is 4.17. The molecule has 1 rings (SSSR count). The number of nitro groups is 1. The summed E-state index contributed by atoms with van der Waals surface area (Å²) >= 11 is 0. The van der Waals surface area contributed by atoms with E-state index in [0.717, 1.165) is 5.57 Å². The molecular weight excluding hydrogens is 254 g/mol. The molecule has 0 aromatic heterocycles. The Labute approximate surface area is 119 Å². The van der Waals surface area contributed by atoms with Gasteiger partial charge in [0.15, 0.2) is 5.78 Å². The zero-order valence-corrected chi connectivity index (χ0v) is 12.1. The van der Waals surface area contributed by atoms with E-state index in [2.05, 4.69) is 13.2 Å². The van der Waals surface area contributed by atoms with Crippen molar-refractivity contribution in [3.63, 3.8) is 0 Å². The van der Waals surface area contributed by atoms with Crippen LogP contribution in [0.15, 0.2) is 55.2 Å². The number of benzene rings is 1. The number of hydrogen-bond donors (Lipinski definition) is 0. The number of ketones is 1. The summed E-state index contributed by atoms with van der Waals surface area (Å²) in [5, 5.41) is 10.5. The van der Waals surface area contributed by atoms with Crippen molar-refractivity contribution in [1.29, 1.82) is 0 Å². The molecule has 20 heavy (non-hydrogen) atoms. The van der Waals surface area contributed by atoms with E-state index in [1.807, 2.05) is 13.0 Å². The minimum Gasteiger partial charge on any atom is -0.295 e. The van der Waals surface area contributed by atoms with Crippen molar-refractivity contribution in [3.8, 4) is 0 Å². The summed E-state index contributed by atoms with van der Waals surface area (Å²) < 4.78 is 0. The summed E-state index contributed by atoms with van der Waals surface area (Å²) in [6.07, 6.45) is 5.45. The quantitative estimate of drug-likeness (QED) is 0.353. The lowest BCUT2D eigenvalue weighted by Gasteiger charge is -1.98. The molecule has 1 aromatic rings. The molecule has 4 heteroatoms. The standard InChI is InChI=1S/C9H9NO3.C7H10/c1-6-3-4-8(7(2)11)5-9(6)10(12)13;1-4-6-7(3)5-2/h3-5H,1-2H3;4-6H,1-2H2,3H3/b;7-6-. The summed E-state index contributed by atoms with van der Waals surface area (Å²) in [5.74, 6) is -0.164. The third-order valence-electron chi connectivity index (χ3n) is 2.52. The molecule has 0 aliphatic rings. The fourth-order valence-corrected chi connectivity index (χ4v) is 1.28. The average molecular weight is 273 g/mol. The minimum absolute atomic E-state index is 0.00676. The number of Topliss-reactive ketones (excluding diaryl/α,β-unsaturated/α-hetero) is 1. The van der Waals surface area contributed by atoms with Crippen LogP contribution in [0.5, 0.6) is 0 Å². The highest BCUT2D eigenvalue weighted by atomic mass is 16.6. The van der Waals surface area contributed by atoms with Gasteiger partial charge in [-0.1, -0.05) is 49.1 Å². The van der Waals surface area contributed by atoms with Crippen LogP contribution in [0.1, 0.15) is 29.8 Å². The van der Waals surface area contributed by atoms with Gasteiger partial charge in [0, 0.05) is 17.2 Å². The maximum atomic E-state index is 10.9. The summed E-state index contributed by atoms with van der Waals surface area (Å²) in [5.41, 5.74) is 2.08. The van der Waals surface area contributed by atoms with Crippen LogP contribution in [-0.2, 0) is 0 Å². The molecule has 0 amide bonds. The molecule has 0 bridgehead atoms. The van der Waals surface area contributed by atoms with Gasteiger partial charge in [-0.3, -0.25) is 14.9 Å². The van der Waals surface area contributed by atoms with Gasteiger partial charge >= 0.3 is 0 Å². The fraction of sp³-hybridized carbons (Fsp3) is 0.188. The van der Waals surface area contributed by atoms with Gasteiger partial charge in [-0.2, -0.15) is 0 Å². The molecule has 0 aliphatic heterocycles. The number of nitro benzene ring substituents is 1. The lowest BCUT2D eigenvalue weighted by Crippen LogP contribution is -1.96. The van der Waals surface area contributed by atoms with E-state index in [1.54, 1.807) is 31.2 Å². The monoisotopic (exact) mass is 273 g/mol. The third-order valence-corrected chi connectivity index (χ3v) is 2.52. The molecule has 0 atom stereocenters. The Morgan fingerprint density at radius 2 is 1.90 bits per heavy atom. The molecular formula is C16H19NO3. The number of carbonyl (C=O) groups is 1. The second-order valence-corrected chi connectivity index (χ2v) is 4.17. The number of aryl methyl sites for hydroxylation is 1. The Kier molecular flexibility index (Phi) is 7.52. The van der Waals surface area contributed by atoms with Gasteiger partial charge in [0.05, 0.1) is 4.92 Å². The molecule has 0 heterocycles. The van der Waals surface area contributed by atoms with Gasteiger partial charge in [-0.15, -0.1) is 0 Å². The Morgan fingerprint density at radius 1 is 1.30 bits per heavy atom. The number of hydrogen-bond acceptors (Lipinski definition) is 3. The number of nitrogens with zero attached hydrogens (tertiary/aromatic N) is 1. The first kappa shape index (κ1) is 17.5. The SMILES string of the molecule is C=C/C=C(/C)C=C.CC(=O)c1ccc(C)c([N+](=O)[O-])c1. The van der Waals surface area contributed by atoms with Gasteiger partial charge in [-0.25, -0.2) is 0 Å². The van der Waals surface area contributed by atoms with Crippen molar-refractivity contribution in [3.05, 3.63) is 76.4 Å². The van der Waals surface area contributed by atoms with Gasteiger partial charge < -0.3 is 0 Å². The maximum Gasteiger partial charge on any atom is 0.273 e. The molecule has 0 aliphatic carbocycles. The highest BCUT2D eigenvalue weighted by molar-refractivity contribution is 5.94. The van der Waals surface area contributed by atoms with Crippen LogP contribution in [0.3, 0.4) is 0 Å². The van der Waals surface area contributed by atoms with Crippen LogP contribution in [-0.4, -0.2) is 10.7 Å². The summed E-state index contributed by atoms with van der Waals surface area (Å²) in [7, 11) is 0. The zero-order valence-electron chi connectivity index (χ0n) is 12.1. The highest BCUT2D eigenvalue weighted by Crippen LogP contribution is 2.19. The predicted molar refractivity (Wildman–Crippen MR) is 82.0 cm³/mol. The molecule has 0 N–H and O–H groups in total. The molecule has 0 saturated heterocycles. The molecule has 0 fully saturated rings. The second kappa shape index (κ2) is 8.58. The average Bonchev–Trinajstić information content (AvgIpc) is 2.39. The number of carbonyl (C=O) groups excluding carboxylic acids is 1. The van der Waals surface area contributed by atoms with Crippen molar-refractivity contribution in [1.82, 2.24) is 0 Å². The van der Waals surface area contributed by atoms with E-state index >= 15 is 0 Å². The van der Waals surface area contributed by atoms with Crippen LogP contribution in [0.4, 0.5) is 5.69 Å². The molecule has 0 spiro atoms. The largest absolute Gasteiger partial charge is 0.295 e. The Bertz CT molecular complexity index is 557. The van der Waals surface area contributed by atoms with E-state index in [1.165, 1.54) is 13.0 Å². The van der Waals surface area contributed by atoms with Crippen LogP contribution < -0.4 is 0 Å². The maximum absolute atomic E-state index is 10.9. The zero-order chi connectivity index (χ0) is 15.7. The number of rotatable bonds is 4. The van der Waals surface area contributed by atoms with Crippen LogP contribution in [0.25, 0.3) is 0 Å². The van der Waals surface area contributed by atoms with Gasteiger partial charge in [-0.05, 0) is 20.8 Å². The smallest absolute Gasteiger partial charge is 0.273 e.